The van der Waals surface area contributed by atoms with E-state index in [0.29, 0.717) is 53.9 Å². The van der Waals surface area contributed by atoms with Crippen LogP contribution in [-0.4, -0.2) is 43.2 Å². The summed E-state index contributed by atoms with van der Waals surface area (Å²) in [7, 11) is 3.17. The molecule has 10 heteroatoms. The van der Waals surface area contributed by atoms with Crippen molar-refractivity contribution in [1.29, 1.82) is 0 Å². The molecule has 1 aliphatic heterocycles. The first-order valence-electron chi connectivity index (χ1n) is 13.9. The number of rotatable bonds is 7. The number of amides is 2. The zero-order valence-electron chi connectivity index (χ0n) is 24.4. The highest BCUT2D eigenvalue weighted by Crippen LogP contribution is 2.32. The van der Waals surface area contributed by atoms with E-state index in [0.717, 1.165) is 35.4 Å². The number of carbonyl (C=O) groups excluding carboxylic acids is 1. The zero-order chi connectivity index (χ0) is 31.3. The van der Waals surface area contributed by atoms with Gasteiger partial charge in [-0.05, 0) is 85.1 Å². The molecule has 0 spiro atoms. The van der Waals surface area contributed by atoms with E-state index in [1.165, 1.54) is 18.3 Å². The molecule has 0 N–H and O–H groups in total. The summed E-state index contributed by atoms with van der Waals surface area (Å²) in [6.07, 6.45) is -2.02. The number of methoxy groups -OCH3 is 2. The molecular formula is C34H30F3N3O4. The molecule has 226 valence electrons. The van der Waals surface area contributed by atoms with Crippen molar-refractivity contribution in [3.05, 3.63) is 107 Å². The molecule has 0 radical (unpaired) electrons. The van der Waals surface area contributed by atoms with E-state index in [1.54, 1.807) is 31.3 Å². The quantitative estimate of drug-likeness (QED) is 0.206. The van der Waals surface area contributed by atoms with Crippen molar-refractivity contribution in [3.8, 4) is 35.0 Å². The van der Waals surface area contributed by atoms with Gasteiger partial charge in [-0.3, -0.25) is 4.90 Å². The summed E-state index contributed by atoms with van der Waals surface area (Å²) in [4.78, 5) is 21.3. The maximum absolute atomic E-state index is 13.4. The van der Waals surface area contributed by atoms with E-state index < -0.39 is 11.7 Å². The van der Waals surface area contributed by atoms with E-state index >= 15 is 0 Å². The topological polar surface area (TPSA) is 64.1 Å². The smallest absolute Gasteiger partial charge is 0.416 e. The molecule has 0 aliphatic carbocycles. The monoisotopic (exact) mass is 601 g/mol. The molecule has 2 amide bonds. The van der Waals surface area contributed by atoms with Gasteiger partial charge in [0, 0.05) is 48.7 Å². The molecule has 3 aromatic carbocycles. The van der Waals surface area contributed by atoms with Gasteiger partial charge in [0.25, 0.3) is 0 Å². The second kappa shape index (κ2) is 13.0. The van der Waals surface area contributed by atoms with Gasteiger partial charge in [-0.15, -0.1) is 0 Å². The van der Waals surface area contributed by atoms with Crippen LogP contribution in [-0.2, 0) is 12.7 Å². The molecule has 7 nitrogen and oxygen atoms in total. The Morgan fingerprint density at radius 2 is 1.55 bits per heavy atom. The third-order valence-corrected chi connectivity index (χ3v) is 7.12. The van der Waals surface area contributed by atoms with Crippen LogP contribution < -0.4 is 19.1 Å². The zero-order valence-corrected chi connectivity index (χ0v) is 24.4. The normalized spacial score (nSPS) is 13.3. The number of pyridine rings is 1. The molecule has 0 saturated carbocycles. The Labute approximate surface area is 253 Å². The number of ether oxygens (including phenoxy) is 3. The summed E-state index contributed by atoms with van der Waals surface area (Å²) < 4.78 is 55.0. The number of alkyl halides is 3. The maximum Gasteiger partial charge on any atom is 0.416 e. The van der Waals surface area contributed by atoms with Gasteiger partial charge in [0.05, 0.1) is 19.8 Å². The number of urea groups is 1. The Morgan fingerprint density at radius 1 is 0.841 bits per heavy atom. The molecule has 5 rings (SSSR count). The largest absolute Gasteiger partial charge is 0.493 e. The van der Waals surface area contributed by atoms with Crippen LogP contribution in [0, 0.1) is 18.8 Å². The molecule has 0 unspecified atom stereocenters. The third-order valence-electron chi connectivity index (χ3n) is 7.12. The minimum absolute atomic E-state index is 0.0752. The van der Waals surface area contributed by atoms with Crippen molar-refractivity contribution in [3.63, 3.8) is 0 Å². The lowest BCUT2D eigenvalue weighted by molar-refractivity contribution is -0.137. The van der Waals surface area contributed by atoms with Gasteiger partial charge in [0.1, 0.15) is 5.75 Å². The van der Waals surface area contributed by atoms with Gasteiger partial charge in [0.2, 0.25) is 5.88 Å². The van der Waals surface area contributed by atoms with Crippen LogP contribution in [0.1, 0.15) is 34.2 Å². The molecule has 1 fully saturated rings. The molecule has 1 aliphatic rings. The molecular weight excluding hydrogens is 571 g/mol. The average Bonchev–Trinajstić information content (AvgIpc) is 3.02. The predicted molar refractivity (Wildman–Crippen MR) is 160 cm³/mol. The van der Waals surface area contributed by atoms with Gasteiger partial charge in [-0.2, -0.15) is 13.2 Å². The molecule has 2 heterocycles. The van der Waals surface area contributed by atoms with Crippen LogP contribution in [0.5, 0.6) is 23.1 Å². The first-order chi connectivity index (χ1) is 21.1. The van der Waals surface area contributed by atoms with Crippen molar-refractivity contribution in [2.24, 2.45) is 0 Å². The van der Waals surface area contributed by atoms with Gasteiger partial charge < -0.3 is 19.1 Å². The van der Waals surface area contributed by atoms with E-state index in [1.807, 2.05) is 48.2 Å². The van der Waals surface area contributed by atoms with Crippen molar-refractivity contribution in [1.82, 2.24) is 9.88 Å². The summed E-state index contributed by atoms with van der Waals surface area (Å²) in [5, 5.41) is 0. The number of nitrogens with zero attached hydrogens (tertiary/aromatic N) is 3. The molecule has 0 atom stereocenters. The van der Waals surface area contributed by atoms with E-state index in [9.17, 15) is 18.0 Å². The molecule has 44 heavy (non-hydrogen) atoms. The third kappa shape index (κ3) is 7.06. The van der Waals surface area contributed by atoms with Crippen LogP contribution in [0.2, 0.25) is 0 Å². The van der Waals surface area contributed by atoms with Crippen molar-refractivity contribution in [2.45, 2.75) is 26.1 Å². The first kappa shape index (κ1) is 30.3. The Kier molecular flexibility index (Phi) is 8.95. The Morgan fingerprint density at radius 3 is 2.20 bits per heavy atom. The number of carbonyl (C=O) groups is 1. The predicted octanol–water partition coefficient (Wildman–Crippen LogP) is 7.45. The first-order valence-corrected chi connectivity index (χ1v) is 13.9. The number of aryl methyl sites for hydroxylation is 1. The standard InChI is InChI=1S/C34H30F3N3O4/c1-23-19-28(40-18-4-17-39(33(40)41)22-26-9-14-30(42-2)31(20-26)43-3)13-15-29(23)44-32-16-10-25(21-38-32)6-5-24-7-11-27(12-8-24)34(35,36)37/h7-16,19-21H,4,17-18,22H2,1-3H3. The summed E-state index contributed by atoms with van der Waals surface area (Å²) >= 11 is 0. The maximum atomic E-state index is 13.4. The van der Waals surface area contributed by atoms with Gasteiger partial charge in [-0.1, -0.05) is 17.9 Å². The summed E-state index contributed by atoms with van der Waals surface area (Å²) in [6.45, 7) is 3.61. The fraction of sp³-hybridized carbons (Fsp3) is 0.235. The molecule has 4 aromatic rings. The number of aromatic nitrogens is 1. The van der Waals surface area contributed by atoms with Crippen LogP contribution >= 0.6 is 0 Å². The molecule has 1 saturated heterocycles. The van der Waals surface area contributed by atoms with Crippen molar-refractivity contribution >= 4 is 11.7 Å². The van der Waals surface area contributed by atoms with Crippen LogP contribution in [0.4, 0.5) is 23.7 Å². The number of benzene rings is 3. The van der Waals surface area contributed by atoms with Crippen molar-refractivity contribution < 1.29 is 32.2 Å². The lowest BCUT2D eigenvalue weighted by Gasteiger charge is -2.36. The fourth-order valence-corrected chi connectivity index (χ4v) is 4.80. The lowest BCUT2D eigenvalue weighted by atomic mass is 10.1. The SMILES string of the molecule is COc1ccc(CN2CCCN(c3ccc(Oc4ccc(C#Cc5ccc(C(F)(F)F)cc5)cn4)c(C)c3)C2=O)cc1OC. The summed E-state index contributed by atoms with van der Waals surface area (Å²) in [6, 6.07) is 19.2. The Balaban J connectivity index is 1.22. The van der Waals surface area contributed by atoms with Gasteiger partial charge in [-0.25, -0.2) is 9.78 Å². The second-order valence-electron chi connectivity index (χ2n) is 10.2. The van der Waals surface area contributed by atoms with E-state index in [-0.39, 0.29) is 6.03 Å². The second-order valence-corrected chi connectivity index (χ2v) is 10.2. The Hall–Kier alpha value is -5.17. The van der Waals surface area contributed by atoms with Crippen LogP contribution in [0.25, 0.3) is 0 Å². The highest BCUT2D eigenvalue weighted by Gasteiger charge is 2.30. The van der Waals surface area contributed by atoms with Crippen LogP contribution in [0.15, 0.2) is 79.0 Å². The summed E-state index contributed by atoms with van der Waals surface area (Å²) in [5.74, 6) is 7.94. The lowest BCUT2D eigenvalue weighted by Crippen LogP contribution is -2.49. The van der Waals surface area contributed by atoms with Crippen LogP contribution in [0.3, 0.4) is 0 Å². The van der Waals surface area contributed by atoms with Crippen molar-refractivity contribution in [2.75, 3.05) is 32.2 Å². The number of anilines is 1. The molecule has 1 aromatic heterocycles. The molecule has 0 bridgehead atoms. The fourth-order valence-electron chi connectivity index (χ4n) is 4.80. The minimum Gasteiger partial charge on any atom is -0.493 e. The van der Waals surface area contributed by atoms with E-state index in [2.05, 4.69) is 16.8 Å². The highest BCUT2D eigenvalue weighted by molar-refractivity contribution is 5.93. The number of hydrogen-bond donors (Lipinski definition) is 0. The van der Waals surface area contributed by atoms with Gasteiger partial charge >= 0.3 is 12.2 Å². The van der Waals surface area contributed by atoms with E-state index in [4.69, 9.17) is 14.2 Å². The van der Waals surface area contributed by atoms with Gasteiger partial charge in [0.15, 0.2) is 11.5 Å². The average molecular weight is 602 g/mol. The Bertz CT molecular complexity index is 1690. The minimum atomic E-state index is -4.38. The number of hydrogen-bond acceptors (Lipinski definition) is 5. The number of halogens is 3. The highest BCUT2D eigenvalue weighted by atomic mass is 19.4. The summed E-state index contributed by atoms with van der Waals surface area (Å²) in [5.41, 5.74) is 2.89.